The quantitative estimate of drug-likeness (QED) is 0.805. The Morgan fingerprint density at radius 2 is 1.84 bits per heavy atom. The lowest BCUT2D eigenvalue weighted by Gasteiger charge is -2.36. The first-order valence-electron chi connectivity index (χ1n) is 8.30. The van der Waals surface area contributed by atoms with Crippen LogP contribution < -0.4 is 5.73 Å². The highest BCUT2D eigenvalue weighted by Gasteiger charge is 2.33. The van der Waals surface area contributed by atoms with E-state index < -0.39 is 16.1 Å². The molecule has 2 atom stereocenters. The Morgan fingerprint density at radius 1 is 1.28 bits per heavy atom. The third kappa shape index (κ3) is 4.74. The van der Waals surface area contributed by atoms with Crippen molar-refractivity contribution in [3.63, 3.8) is 0 Å². The number of carbonyl (C=O) groups excluding carboxylic acids is 1. The van der Waals surface area contributed by atoms with Crippen molar-refractivity contribution in [2.45, 2.75) is 45.1 Å². The molecule has 0 saturated carbocycles. The van der Waals surface area contributed by atoms with Crippen LogP contribution in [0.4, 0.5) is 0 Å². The number of nitrogens with two attached hydrogens (primary N) is 1. The second kappa shape index (κ2) is 8.81. The lowest BCUT2D eigenvalue weighted by molar-refractivity contribution is -0.134. The van der Waals surface area contributed by atoms with Gasteiger partial charge < -0.3 is 10.6 Å². The van der Waals surface area contributed by atoms with Gasteiger partial charge in [-0.3, -0.25) is 4.79 Å². The van der Waals surface area contributed by atoms with Gasteiger partial charge >= 0.3 is 0 Å². The number of hydrogen-bond donors (Lipinski definition) is 1. The van der Waals surface area contributed by atoms with Gasteiger partial charge in [0.25, 0.3) is 0 Å². The third-order valence-corrected chi connectivity index (χ3v) is 7.83. The predicted octanol–water partition coefficient (Wildman–Crippen LogP) is 1.99. The van der Waals surface area contributed by atoms with Crippen molar-refractivity contribution in [3.8, 4) is 0 Å². The minimum absolute atomic E-state index is 0. The number of hydrogen-bond acceptors (Lipinski definition) is 5. The zero-order valence-corrected chi connectivity index (χ0v) is 17.6. The minimum atomic E-state index is -3.49. The van der Waals surface area contributed by atoms with Crippen LogP contribution >= 0.6 is 23.7 Å². The maximum absolute atomic E-state index is 12.8. The van der Waals surface area contributed by atoms with Gasteiger partial charge in [-0.15, -0.1) is 23.7 Å². The summed E-state index contributed by atoms with van der Waals surface area (Å²) in [7, 11) is -3.49. The number of aryl methyl sites for hydroxylation is 2. The lowest BCUT2D eigenvalue weighted by atomic mass is 9.99. The summed E-state index contributed by atoms with van der Waals surface area (Å²) < 4.78 is 27.1. The monoisotopic (exact) mass is 409 g/mol. The highest BCUT2D eigenvalue weighted by molar-refractivity contribution is 7.89. The molecule has 1 aromatic heterocycles. The summed E-state index contributed by atoms with van der Waals surface area (Å²) in [5.41, 5.74) is 6.01. The minimum Gasteiger partial charge on any atom is -0.339 e. The van der Waals surface area contributed by atoms with Gasteiger partial charge in [-0.2, -0.15) is 4.31 Å². The Morgan fingerprint density at radius 3 is 2.28 bits per heavy atom. The Labute approximate surface area is 160 Å². The largest absolute Gasteiger partial charge is 0.339 e. The van der Waals surface area contributed by atoms with Crippen molar-refractivity contribution in [2.24, 2.45) is 11.7 Å². The van der Waals surface area contributed by atoms with E-state index in [1.807, 2.05) is 27.7 Å². The highest BCUT2D eigenvalue weighted by Crippen LogP contribution is 2.28. The van der Waals surface area contributed by atoms with Crippen molar-refractivity contribution >= 4 is 39.7 Å². The summed E-state index contributed by atoms with van der Waals surface area (Å²) >= 11 is 1.49. The SMILES string of the molecule is CCC(C)C(N)C(=O)N1CCN(S(=O)(=O)c2cc(C)sc2C)CC1.Cl. The van der Waals surface area contributed by atoms with Gasteiger partial charge in [0.05, 0.1) is 10.9 Å². The molecule has 2 heterocycles. The molecule has 1 aromatic rings. The van der Waals surface area contributed by atoms with Gasteiger partial charge in [0, 0.05) is 35.9 Å². The van der Waals surface area contributed by atoms with E-state index in [0.717, 1.165) is 16.2 Å². The fraction of sp³-hybridized carbons (Fsp3) is 0.688. The molecular formula is C16H28ClN3O3S2. The smallest absolute Gasteiger partial charge is 0.244 e. The molecule has 6 nitrogen and oxygen atoms in total. The van der Waals surface area contributed by atoms with Crippen LogP contribution in [0.5, 0.6) is 0 Å². The van der Waals surface area contributed by atoms with Gasteiger partial charge in [-0.25, -0.2) is 8.42 Å². The zero-order chi connectivity index (χ0) is 18.1. The molecule has 2 rings (SSSR count). The van der Waals surface area contributed by atoms with Crippen molar-refractivity contribution in [1.82, 2.24) is 9.21 Å². The lowest BCUT2D eigenvalue weighted by Crippen LogP contribution is -2.55. The molecule has 0 aliphatic carbocycles. The van der Waals surface area contributed by atoms with E-state index in [1.165, 1.54) is 15.6 Å². The first-order chi connectivity index (χ1) is 11.2. The predicted molar refractivity (Wildman–Crippen MR) is 104 cm³/mol. The molecule has 1 amide bonds. The van der Waals surface area contributed by atoms with Crippen LogP contribution in [-0.4, -0.2) is 55.8 Å². The maximum atomic E-state index is 12.8. The van der Waals surface area contributed by atoms with Gasteiger partial charge in [-0.1, -0.05) is 20.3 Å². The number of sulfonamides is 1. The second-order valence-electron chi connectivity index (χ2n) is 6.42. The third-order valence-electron chi connectivity index (χ3n) is 4.71. The average molecular weight is 410 g/mol. The Kier molecular flexibility index (Phi) is 7.89. The number of thiophene rings is 1. The maximum Gasteiger partial charge on any atom is 0.244 e. The number of piperazine rings is 1. The fourth-order valence-corrected chi connectivity index (χ4v) is 5.81. The Bertz CT molecular complexity index is 697. The molecule has 1 aliphatic heterocycles. The summed E-state index contributed by atoms with van der Waals surface area (Å²) in [4.78, 5) is 16.3. The molecule has 25 heavy (non-hydrogen) atoms. The molecule has 2 N–H and O–H groups in total. The van der Waals surface area contributed by atoms with E-state index in [1.54, 1.807) is 11.0 Å². The molecule has 9 heteroatoms. The van der Waals surface area contributed by atoms with E-state index >= 15 is 0 Å². The van der Waals surface area contributed by atoms with Gasteiger partial charge in [0.2, 0.25) is 15.9 Å². The standard InChI is InChI=1S/C16H27N3O3S2.ClH/c1-5-11(2)15(17)16(20)18-6-8-19(9-7-18)24(21,22)14-10-12(3)23-13(14)4;/h10-11,15H,5-9,17H2,1-4H3;1H. The molecule has 2 unspecified atom stereocenters. The first-order valence-corrected chi connectivity index (χ1v) is 10.6. The van der Waals surface area contributed by atoms with Crippen LogP contribution in [0.1, 0.15) is 30.0 Å². The van der Waals surface area contributed by atoms with E-state index in [-0.39, 0.29) is 24.2 Å². The zero-order valence-electron chi connectivity index (χ0n) is 15.2. The van der Waals surface area contributed by atoms with Gasteiger partial charge in [0.1, 0.15) is 0 Å². The Balaban J connectivity index is 0.00000312. The molecule has 1 aliphatic rings. The molecule has 1 fully saturated rings. The summed E-state index contributed by atoms with van der Waals surface area (Å²) in [6.45, 7) is 9.12. The van der Waals surface area contributed by atoms with Crippen LogP contribution in [0.15, 0.2) is 11.0 Å². The molecule has 0 bridgehead atoms. The molecule has 0 spiro atoms. The van der Waals surface area contributed by atoms with Crippen molar-refractivity contribution in [1.29, 1.82) is 0 Å². The normalized spacial score (nSPS) is 18.5. The number of nitrogens with zero attached hydrogens (tertiary/aromatic N) is 2. The highest BCUT2D eigenvalue weighted by atomic mass is 35.5. The fourth-order valence-electron chi connectivity index (χ4n) is 2.86. The van der Waals surface area contributed by atoms with Crippen LogP contribution in [0.2, 0.25) is 0 Å². The second-order valence-corrected chi connectivity index (χ2v) is 9.78. The number of rotatable bonds is 5. The van der Waals surface area contributed by atoms with Crippen molar-refractivity contribution in [2.75, 3.05) is 26.2 Å². The first kappa shape index (κ1) is 22.4. The summed E-state index contributed by atoms with van der Waals surface area (Å²) in [6, 6.07) is 1.21. The van der Waals surface area contributed by atoms with Crippen molar-refractivity contribution < 1.29 is 13.2 Å². The topological polar surface area (TPSA) is 83.7 Å². The number of amides is 1. The summed E-state index contributed by atoms with van der Waals surface area (Å²) in [6.07, 6.45) is 0.845. The van der Waals surface area contributed by atoms with Crippen molar-refractivity contribution in [3.05, 3.63) is 15.8 Å². The molecule has 1 saturated heterocycles. The number of carbonyl (C=O) groups is 1. The Hall–Kier alpha value is -0.670. The van der Waals surface area contributed by atoms with Gasteiger partial charge in [-0.05, 0) is 25.8 Å². The van der Waals surface area contributed by atoms with Crippen LogP contribution in [-0.2, 0) is 14.8 Å². The molecule has 0 radical (unpaired) electrons. The van der Waals surface area contributed by atoms with E-state index in [4.69, 9.17) is 5.73 Å². The summed E-state index contributed by atoms with van der Waals surface area (Å²) in [5, 5.41) is 0. The van der Waals surface area contributed by atoms with Gasteiger partial charge in [0.15, 0.2) is 0 Å². The summed E-state index contributed by atoms with van der Waals surface area (Å²) in [5.74, 6) is 0.0413. The molecule has 144 valence electrons. The van der Waals surface area contributed by atoms with E-state index in [2.05, 4.69) is 0 Å². The van der Waals surface area contributed by atoms with E-state index in [9.17, 15) is 13.2 Å². The number of halogens is 1. The van der Waals surface area contributed by atoms with Crippen LogP contribution in [0, 0.1) is 19.8 Å². The van der Waals surface area contributed by atoms with Crippen LogP contribution in [0.25, 0.3) is 0 Å². The van der Waals surface area contributed by atoms with Crippen LogP contribution in [0.3, 0.4) is 0 Å². The van der Waals surface area contributed by atoms with E-state index in [0.29, 0.717) is 31.1 Å². The molecule has 0 aromatic carbocycles. The average Bonchev–Trinajstić information content (AvgIpc) is 2.92. The molecular weight excluding hydrogens is 382 g/mol.